The lowest BCUT2D eigenvalue weighted by Gasteiger charge is -2.30. The number of aromatic carboxylic acids is 1. The number of aromatic nitrogens is 1. The van der Waals surface area contributed by atoms with Crippen LogP contribution in [0.2, 0.25) is 0 Å². The van der Waals surface area contributed by atoms with Crippen molar-refractivity contribution in [3.05, 3.63) is 58.8 Å². The summed E-state index contributed by atoms with van der Waals surface area (Å²) in [6.45, 7) is 3.40. The van der Waals surface area contributed by atoms with E-state index in [1.54, 1.807) is 12.1 Å². The molecule has 0 unspecified atom stereocenters. The van der Waals surface area contributed by atoms with Crippen LogP contribution in [0.3, 0.4) is 0 Å². The van der Waals surface area contributed by atoms with Crippen LogP contribution in [-0.2, 0) is 13.0 Å². The monoisotopic (exact) mass is 268 g/mol. The van der Waals surface area contributed by atoms with E-state index in [2.05, 4.69) is 22.0 Å². The summed E-state index contributed by atoms with van der Waals surface area (Å²) in [5, 5.41) is 9.32. The first-order chi connectivity index (χ1) is 9.65. The second-order valence-corrected chi connectivity index (χ2v) is 5.07. The molecule has 1 N–H and O–H groups in total. The Balaban J connectivity index is 1.99. The lowest BCUT2D eigenvalue weighted by molar-refractivity contribution is 0.0697. The summed E-state index contributed by atoms with van der Waals surface area (Å²) in [4.78, 5) is 17.8. The Hall–Kier alpha value is -2.36. The standard InChI is InChI=1S/C16H16N2O2/c1-11-6-7-14(16(19)20)15(17-11)18-9-8-12-4-2-3-5-13(12)10-18/h2-7H,8-10H2,1H3,(H,19,20). The average molecular weight is 268 g/mol. The number of aryl methyl sites for hydroxylation is 1. The Morgan fingerprint density at radius 2 is 1.95 bits per heavy atom. The van der Waals surface area contributed by atoms with Crippen molar-refractivity contribution in [2.45, 2.75) is 19.9 Å². The van der Waals surface area contributed by atoms with E-state index in [4.69, 9.17) is 0 Å². The number of benzene rings is 1. The molecule has 0 saturated carbocycles. The number of anilines is 1. The minimum atomic E-state index is -0.925. The Kier molecular flexibility index (Phi) is 3.14. The topological polar surface area (TPSA) is 53.4 Å². The quantitative estimate of drug-likeness (QED) is 0.909. The molecule has 2 aromatic rings. The van der Waals surface area contributed by atoms with Crippen LogP contribution in [0.25, 0.3) is 0 Å². The van der Waals surface area contributed by atoms with E-state index >= 15 is 0 Å². The second-order valence-electron chi connectivity index (χ2n) is 5.07. The maximum Gasteiger partial charge on any atom is 0.339 e. The smallest absolute Gasteiger partial charge is 0.339 e. The fourth-order valence-electron chi connectivity index (χ4n) is 2.63. The summed E-state index contributed by atoms with van der Waals surface area (Å²) in [5.74, 6) is -0.349. The van der Waals surface area contributed by atoms with Gasteiger partial charge in [-0.3, -0.25) is 0 Å². The maximum atomic E-state index is 11.4. The predicted molar refractivity (Wildman–Crippen MR) is 77.1 cm³/mol. The van der Waals surface area contributed by atoms with Gasteiger partial charge in [-0.05, 0) is 36.6 Å². The molecule has 1 aliphatic rings. The van der Waals surface area contributed by atoms with Crippen molar-refractivity contribution < 1.29 is 9.90 Å². The van der Waals surface area contributed by atoms with Gasteiger partial charge in [0.2, 0.25) is 0 Å². The minimum absolute atomic E-state index is 0.273. The maximum absolute atomic E-state index is 11.4. The van der Waals surface area contributed by atoms with Crippen molar-refractivity contribution in [1.82, 2.24) is 4.98 Å². The molecule has 1 aromatic carbocycles. The normalized spacial score (nSPS) is 13.9. The summed E-state index contributed by atoms with van der Waals surface area (Å²) < 4.78 is 0. The molecule has 0 fully saturated rings. The molecule has 0 bridgehead atoms. The summed E-state index contributed by atoms with van der Waals surface area (Å²) >= 11 is 0. The Morgan fingerprint density at radius 1 is 1.20 bits per heavy atom. The third-order valence-corrected chi connectivity index (χ3v) is 3.67. The molecule has 3 rings (SSSR count). The number of carboxylic acid groups (broad SMARTS) is 1. The number of hydrogen-bond acceptors (Lipinski definition) is 3. The van der Waals surface area contributed by atoms with Gasteiger partial charge in [0.05, 0.1) is 0 Å². The molecule has 0 amide bonds. The van der Waals surface area contributed by atoms with E-state index in [0.717, 1.165) is 18.7 Å². The van der Waals surface area contributed by atoms with E-state index in [9.17, 15) is 9.90 Å². The third kappa shape index (κ3) is 2.25. The van der Waals surface area contributed by atoms with Crippen molar-refractivity contribution in [1.29, 1.82) is 0 Å². The molecule has 4 nitrogen and oxygen atoms in total. The minimum Gasteiger partial charge on any atom is -0.478 e. The first-order valence-corrected chi connectivity index (χ1v) is 6.68. The number of nitrogens with zero attached hydrogens (tertiary/aromatic N) is 2. The predicted octanol–water partition coefficient (Wildman–Crippen LogP) is 2.65. The Labute approximate surface area is 117 Å². The summed E-state index contributed by atoms with van der Waals surface area (Å²) in [5.41, 5.74) is 3.70. The summed E-state index contributed by atoms with van der Waals surface area (Å²) in [6.07, 6.45) is 0.921. The first-order valence-electron chi connectivity index (χ1n) is 6.68. The zero-order valence-corrected chi connectivity index (χ0v) is 11.3. The largest absolute Gasteiger partial charge is 0.478 e. The van der Waals surface area contributed by atoms with E-state index in [-0.39, 0.29) is 5.56 Å². The fourth-order valence-corrected chi connectivity index (χ4v) is 2.63. The van der Waals surface area contributed by atoms with Crippen molar-refractivity contribution in [2.24, 2.45) is 0 Å². The van der Waals surface area contributed by atoms with E-state index < -0.39 is 5.97 Å². The van der Waals surface area contributed by atoms with Gasteiger partial charge >= 0.3 is 5.97 Å². The average Bonchev–Trinajstić information content (AvgIpc) is 2.46. The van der Waals surface area contributed by atoms with Crippen LogP contribution in [-0.4, -0.2) is 22.6 Å². The highest BCUT2D eigenvalue weighted by Crippen LogP contribution is 2.26. The molecule has 0 saturated heterocycles. The zero-order chi connectivity index (χ0) is 14.1. The molecule has 2 heterocycles. The number of hydrogen-bond donors (Lipinski definition) is 1. The number of carbonyl (C=O) groups is 1. The first kappa shape index (κ1) is 12.7. The highest BCUT2D eigenvalue weighted by Gasteiger charge is 2.22. The molecule has 4 heteroatoms. The Bertz CT molecular complexity index is 667. The fraction of sp³-hybridized carbons (Fsp3) is 0.250. The van der Waals surface area contributed by atoms with E-state index in [0.29, 0.717) is 12.4 Å². The van der Waals surface area contributed by atoms with Gasteiger partial charge in [-0.15, -0.1) is 0 Å². The molecule has 0 aliphatic carbocycles. The molecule has 0 spiro atoms. The van der Waals surface area contributed by atoms with Crippen LogP contribution < -0.4 is 4.90 Å². The van der Waals surface area contributed by atoms with Gasteiger partial charge in [0, 0.05) is 18.8 Å². The van der Waals surface area contributed by atoms with Crippen molar-refractivity contribution in [2.75, 3.05) is 11.4 Å². The molecule has 1 aromatic heterocycles. The van der Waals surface area contributed by atoms with Crippen LogP contribution in [0.5, 0.6) is 0 Å². The SMILES string of the molecule is Cc1ccc(C(=O)O)c(N2CCc3ccccc3C2)n1. The zero-order valence-electron chi connectivity index (χ0n) is 11.3. The third-order valence-electron chi connectivity index (χ3n) is 3.67. The highest BCUT2D eigenvalue weighted by molar-refractivity contribution is 5.93. The van der Waals surface area contributed by atoms with Crippen molar-refractivity contribution in [3.8, 4) is 0 Å². The van der Waals surface area contributed by atoms with Crippen LogP contribution in [0, 0.1) is 6.92 Å². The van der Waals surface area contributed by atoms with Crippen LogP contribution >= 0.6 is 0 Å². The second kappa shape index (κ2) is 4.96. The van der Waals surface area contributed by atoms with Gasteiger partial charge < -0.3 is 10.0 Å². The van der Waals surface area contributed by atoms with Gasteiger partial charge in [-0.2, -0.15) is 0 Å². The molecule has 1 aliphatic heterocycles. The van der Waals surface area contributed by atoms with E-state index in [1.807, 2.05) is 19.1 Å². The van der Waals surface area contributed by atoms with Gasteiger partial charge in [0.1, 0.15) is 11.4 Å². The lowest BCUT2D eigenvalue weighted by atomic mass is 9.99. The number of fused-ring (bicyclic) bond motifs is 1. The van der Waals surface area contributed by atoms with Crippen LogP contribution in [0.1, 0.15) is 27.2 Å². The van der Waals surface area contributed by atoms with Gasteiger partial charge in [0.25, 0.3) is 0 Å². The van der Waals surface area contributed by atoms with Gasteiger partial charge in [-0.25, -0.2) is 9.78 Å². The van der Waals surface area contributed by atoms with Crippen LogP contribution in [0.15, 0.2) is 36.4 Å². The molecule has 0 atom stereocenters. The number of pyridine rings is 1. The van der Waals surface area contributed by atoms with Crippen LogP contribution in [0.4, 0.5) is 5.82 Å². The molecule has 20 heavy (non-hydrogen) atoms. The van der Waals surface area contributed by atoms with Gasteiger partial charge in [0.15, 0.2) is 0 Å². The van der Waals surface area contributed by atoms with E-state index in [1.165, 1.54) is 11.1 Å². The lowest BCUT2D eigenvalue weighted by Crippen LogP contribution is -2.32. The molecule has 102 valence electrons. The van der Waals surface area contributed by atoms with Gasteiger partial charge in [-0.1, -0.05) is 24.3 Å². The highest BCUT2D eigenvalue weighted by atomic mass is 16.4. The molecular formula is C16H16N2O2. The molecular weight excluding hydrogens is 252 g/mol. The van der Waals surface area contributed by atoms with Crippen molar-refractivity contribution >= 4 is 11.8 Å². The number of rotatable bonds is 2. The Morgan fingerprint density at radius 3 is 2.70 bits per heavy atom. The number of carboxylic acids is 1. The summed E-state index contributed by atoms with van der Waals surface area (Å²) in [7, 11) is 0. The van der Waals surface area contributed by atoms with Crippen molar-refractivity contribution in [3.63, 3.8) is 0 Å². The molecule has 0 radical (unpaired) electrons. The summed E-state index contributed by atoms with van der Waals surface area (Å²) in [6, 6.07) is 11.7.